The number of halogens is 1. The van der Waals surface area contributed by atoms with Crippen LogP contribution in [-0.4, -0.2) is 19.1 Å². The lowest BCUT2D eigenvalue weighted by Gasteiger charge is -2.08. The monoisotopic (exact) mass is 286 g/mol. The molecule has 0 aliphatic carbocycles. The highest BCUT2D eigenvalue weighted by Crippen LogP contribution is 2.12. The van der Waals surface area contributed by atoms with Crippen LogP contribution in [0, 0.1) is 11.8 Å². The summed E-state index contributed by atoms with van der Waals surface area (Å²) in [6.07, 6.45) is 0. The molecule has 0 aromatic heterocycles. The molecule has 0 radical (unpaired) electrons. The standard InChI is InChI=1S/C17H15ClO2/c18-12-4-5-15-8-10-17(11-9-15)20-14-13-19-16-6-2-1-3-7-16/h1-3,6-11H,12-14H2. The molecule has 0 bridgehead atoms. The average molecular weight is 287 g/mol. The van der Waals surface area contributed by atoms with Gasteiger partial charge in [0.25, 0.3) is 0 Å². The molecule has 0 N–H and O–H groups in total. The Kier molecular flexibility index (Phi) is 5.82. The Bertz CT molecular complexity index is 567. The number of ether oxygens (including phenoxy) is 2. The summed E-state index contributed by atoms with van der Waals surface area (Å²) >= 11 is 5.51. The highest BCUT2D eigenvalue weighted by molar-refractivity contribution is 6.19. The van der Waals surface area contributed by atoms with Crippen molar-refractivity contribution in [3.05, 3.63) is 60.2 Å². The zero-order valence-corrected chi connectivity index (χ0v) is 11.8. The van der Waals surface area contributed by atoms with E-state index in [0.717, 1.165) is 17.1 Å². The molecule has 2 rings (SSSR count). The van der Waals surface area contributed by atoms with Crippen molar-refractivity contribution in [3.8, 4) is 23.3 Å². The van der Waals surface area contributed by atoms with E-state index in [-0.39, 0.29) is 0 Å². The summed E-state index contributed by atoms with van der Waals surface area (Å²) in [7, 11) is 0. The van der Waals surface area contributed by atoms with Gasteiger partial charge in [0.2, 0.25) is 0 Å². The Balaban J connectivity index is 1.74. The molecule has 0 spiro atoms. The normalized spacial score (nSPS) is 9.45. The molecule has 0 unspecified atom stereocenters. The topological polar surface area (TPSA) is 18.5 Å². The van der Waals surface area contributed by atoms with Gasteiger partial charge in [0.05, 0.1) is 5.88 Å². The molecule has 0 aliphatic rings. The highest BCUT2D eigenvalue weighted by atomic mass is 35.5. The predicted octanol–water partition coefficient (Wildman–Crippen LogP) is 3.73. The lowest BCUT2D eigenvalue weighted by Crippen LogP contribution is -2.08. The van der Waals surface area contributed by atoms with E-state index >= 15 is 0 Å². The molecule has 20 heavy (non-hydrogen) atoms. The van der Waals surface area contributed by atoms with Gasteiger partial charge in [-0.1, -0.05) is 30.0 Å². The van der Waals surface area contributed by atoms with Crippen LogP contribution in [0.1, 0.15) is 5.56 Å². The molecule has 0 heterocycles. The number of benzene rings is 2. The van der Waals surface area contributed by atoms with Gasteiger partial charge in [0, 0.05) is 5.56 Å². The van der Waals surface area contributed by atoms with Gasteiger partial charge in [-0.05, 0) is 36.4 Å². The number of para-hydroxylation sites is 1. The maximum atomic E-state index is 5.59. The Morgan fingerprint density at radius 2 is 1.40 bits per heavy atom. The summed E-state index contributed by atoms with van der Waals surface area (Å²) in [6.45, 7) is 1.01. The van der Waals surface area contributed by atoms with E-state index < -0.39 is 0 Å². The van der Waals surface area contributed by atoms with E-state index in [4.69, 9.17) is 21.1 Å². The third-order valence-corrected chi connectivity index (χ3v) is 2.65. The average Bonchev–Trinajstić information content (AvgIpc) is 2.52. The van der Waals surface area contributed by atoms with Crippen LogP contribution in [0.3, 0.4) is 0 Å². The van der Waals surface area contributed by atoms with E-state index in [1.165, 1.54) is 0 Å². The minimum atomic E-state index is 0.342. The lowest BCUT2D eigenvalue weighted by molar-refractivity contribution is 0.217. The maximum Gasteiger partial charge on any atom is 0.122 e. The minimum Gasteiger partial charge on any atom is -0.490 e. The fourth-order valence-electron chi connectivity index (χ4n) is 1.61. The van der Waals surface area contributed by atoms with Crippen LogP contribution in [0.4, 0.5) is 0 Å². The van der Waals surface area contributed by atoms with Crippen molar-refractivity contribution in [1.82, 2.24) is 0 Å². The predicted molar refractivity (Wildman–Crippen MR) is 81.5 cm³/mol. The van der Waals surface area contributed by atoms with Crippen LogP contribution < -0.4 is 9.47 Å². The van der Waals surface area contributed by atoms with Gasteiger partial charge in [0.15, 0.2) is 0 Å². The van der Waals surface area contributed by atoms with Gasteiger partial charge in [-0.2, -0.15) is 0 Å². The smallest absolute Gasteiger partial charge is 0.122 e. The van der Waals surface area contributed by atoms with Crippen LogP contribution in [0.25, 0.3) is 0 Å². The van der Waals surface area contributed by atoms with Gasteiger partial charge in [-0.15, -0.1) is 11.6 Å². The summed E-state index contributed by atoms with van der Waals surface area (Å²) in [6, 6.07) is 17.3. The molecule has 0 atom stereocenters. The molecule has 2 nitrogen and oxygen atoms in total. The van der Waals surface area contributed by atoms with Crippen LogP contribution in [0.15, 0.2) is 54.6 Å². The summed E-state index contributed by atoms with van der Waals surface area (Å²) < 4.78 is 11.1. The van der Waals surface area contributed by atoms with E-state index in [1.807, 2.05) is 54.6 Å². The molecule has 0 aliphatic heterocycles. The molecule has 3 heteroatoms. The third kappa shape index (κ3) is 4.87. The van der Waals surface area contributed by atoms with Crippen molar-refractivity contribution >= 4 is 11.6 Å². The van der Waals surface area contributed by atoms with Crippen LogP contribution in [-0.2, 0) is 0 Å². The fourth-order valence-corrected chi connectivity index (χ4v) is 1.67. The first-order valence-corrected chi connectivity index (χ1v) is 6.87. The van der Waals surface area contributed by atoms with Crippen molar-refractivity contribution in [2.45, 2.75) is 0 Å². The van der Waals surface area contributed by atoms with E-state index in [2.05, 4.69) is 11.8 Å². The zero-order chi connectivity index (χ0) is 14.0. The molecule has 2 aromatic carbocycles. The van der Waals surface area contributed by atoms with Crippen molar-refractivity contribution in [1.29, 1.82) is 0 Å². The van der Waals surface area contributed by atoms with E-state index in [1.54, 1.807) is 0 Å². The summed E-state index contributed by atoms with van der Waals surface area (Å²) in [5, 5.41) is 0. The fraction of sp³-hybridized carbons (Fsp3) is 0.176. The Morgan fingerprint density at radius 3 is 2.00 bits per heavy atom. The first-order chi connectivity index (χ1) is 9.88. The summed E-state index contributed by atoms with van der Waals surface area (Å²) in [5.41, 5.74) is 0.929. The zero-order valence-electron chi connectivity index (χ0n) is 11.0. The maximum absolute atomic E-state index is 5.59. The number of alkyl halides is 1. The second-order valence-corrected chi connectivity index (χ2v) is 4.24. The second-order valence-electron chi connectivity index (χ2n) is 3.97. The molecular weight excluding hydrogens is 272 g/mol. The van der Waals surface area contributed by atoms with E-state index in [9.17, 15) is 0 Å². The van der Waals surface area contributed by atoms with Gasteiger partial charge in [-0.25, -0.2) is 0 Å². The van der Waals surface area contributed by atoms with Gasteiger partial charge in [-0.3, -0.25) is 0 Å². The molecule has 0 saturated heterocycles. The van der Waals surface area contributed by atoms with Crippen molar-refractivity contribution in [2.75, 3.05) is 19.1 Å². The Hall–Kier alpha value is -2.11. The minimum absolute atomic E-state index is 0.342. The number of hydrogen-bond acceptors (Lipinski definition) is 2. The summed E-state index contributed by atoms with van der Waals surface area (Å²) in [5.74, 6) is 7.75. The molecule has 0 saturated carbocycles. The molecular formula is C17H15ClO2. The quantitative estimate of drug-likeness (QED) is 0.474. The molecule has 0 amide bonds. The third-order valence-electron chi connectivity index (χ3n) is 2.52. The van der Waals surface area contributed by atoms with Crippen LogP contribution in [0.2, 0.25) is 0 Å². The molecule has 102 valence electrons. The second kappa shape index (κ2) is 8.14. The van der Waals surface area contributed by atoms with E-state index in [0.29, 0.717) is 19.1 Å². The largest absolute Gasteiger partial charge is 0.490 e. The lowest BCUT2D eigenvalue weighted by atomic mass is 10.2. The van der Waals surface area contributed by atoms with Crippen LogP contribution >= 0.6 is 11.6 Å². The SMILES string of the molecule is ClCC#Cc1ccc(OCCOc2ccccc2)cc1. The number of rotatable bonds is 5. The van der Waals surface area contributed by atoms with Gasteiger partial charge >= 0.3 is 0 Å². The molecule has 0 fully saturated rings. The molecule has 2 aromatic rings. The van der Waals surface area contributed by atoms with Crippen molar-refractivity contribution in [3.63, 3.8) is 0 Å². The summed E-state index contributed by atoms with van der Waals surface area (Å²) in [4.78, 5) is 0. The van der Waals surface area contributed by atoms with Crippen molar-refractivity contribution in [2.24, 2.45) is 0 Å². The first kappa shape index (κ1) is 14.3. The Labute approximate surface area is 124 Å². The first-order valence-electron chi connectivity index (χ1n) is 6.34. The van der Waals surface area contributed by atoms with Gasteiger partial charge in [0.1, 0.15) is 24.7 Å². The van der Waals surface area contributed by atoms with Crippen LogP contribution in [0.5, 0.6) is 11.5 Å². The Morgan fingerprint density at radius 1 is 0.800 bits per heavy atom. The number of hydrogen-bond donors (Lipinski definition) is 0. The van der Waals surface area contributed by atoms with Crippen molar-refractivity contribution < 1.29 is 9.47 Å². The van der Waals surface area contributed by atoms with Gasteiger partial charge < -0.3 is 9.47 Å². The highest BCUT2D eigenvalue weighted by Gasteiger charge is 1.95.